The van der Waals surface area contributed by atoms with E-state index in [0.717, 1.165) is 25.4 Å². The molecule has 1 aromatic heterocycles. The molecule has 98 valence electrons. The van der Waals surface area contributed by atoms with Gasteiger partial charge in [-0.15, -0.1) is 11.3 Å². The third-order valence-electron chi connectivity index (χ3n) is 3.23. The van der Waals surface area contributed by atoms with Crippen LogP contribution in [0.4, 0.5) is 0 Å². The van der Waals surface area contributed by atoms with Crippen LogP contribution in [-0.2, 0) is 6.42 Å². The zero-order valence-electron chi connectivity index (χ0n) is 11.8. The average Bonchev–Trinajstić information content (AvgIpc) is 2.63. The van der Waals surface area contributed by atoms with E-state index in [4.69, 9.17) is 0 Å². The predicted molar refractivity (Wildman–Crippen MR) is 76.7 cm³/mol. The standard InChI is InChI=1S/C14H26N2S/c1-6-14(5,10-15-8-11(2)3)7-13-9-17-12(4)16-13/h9,11,15H,6-8,10H2,1-5H3. The number of rotatable bonds is 7. The van der Waals surface area contributed by atoms with E-state index in [1.165, 1.54) is 17.1 Å². The van der Waals surface area contributed by atoms with Gasteiger partial charge in [-0.1, -0.05) is 27.7 Å². The topological polar surface area (TPSA) is 24.9 Å². The Morgan fingerprint density at radius 3 is 2.65 bits per heavy atom. The summed E-state index contributed by atoms with van der Waals surface area (Å²) in [6, 6.07) is 0. The number of nitrogens with zero attached hydrogens (tertiary/aromatic N) is 1. The van der Waals surface area contributed by atoms with E-state index in [0.29, 0.717) is 5.41 Å². The van der Waals surface area contributed by atoms with Crippen molar-refractivity contribution in [1.29, 1.82) is 0 Å². The van der Waals surface area contributed by atoms with Gasteiger partial charge in [0.25, 0.3) is 0 Å². The fraction of sp³-hybridized carbons (Fsp3) is 0.786. The van der Waals surface area contributed by atoms with Crippen LogP contribution in [0.5, 0.6) is 0 Å². The number of aryl methyl sites for hydroxylation is 1. The van der Waals surface area contributed by atoms with Gasteiger partial charge < -0.3 is 5.32 Å². The van der Waals surface area contributed by atoms with Crippen LogP contribution in [0.1, 0.15) is 44.8 Å². The van der Waals surface area contributed by atoms with Crippen molar-refractivity contribution in [1.82, 2.24) is 10.3 Å². The SMILES string of the molecule is CCC(C)(CNCC(C)C)Cc1csc(C)n1. The average molecular weight is 254 g/mol. The maximum absolute atomic E-state index is 4.58. The van der Waals surface area contributed by atoms with Gasteiger partial charge in [-0.2, -0.15) is 0 Å². The van der Waals surface area contributed by atoms with E-state index in [9.17, 15) is 0 Å². The first kappa shape index (κ1) is 14.7. The summed E-state index contributed by atoms with van der Waals surface area (Å²) in [5, 5.41) is 6.95. The van der Waals surface area contributed by atoms with Gasteiger partial charge in [0.05, 0.1) is 10.7 Å². The molecule has 0 aliphatic rings. The second kappa shape index (κ2) is 6.50. The summed E-state index contributed by atoms with van der Waals surface area (Å²) in [5.41, 5.74) is 1.58. The van der Waals surface area contributed by atoms with Crippen molar-refractivity contribution in [2.24, 2.45) is 11.3 Å². The number of aromatic nitrogens is 1. The molecule has 1 unspecified atom stereocenters. The minimum absolute atomic E-state index is 0.329. The smallest absolute Gasteiger partial charge is 0.0897 e. The van der Waals surface area contributed by atoms with Crippen LogP contribution >= 0.6 is 11.3 Å². The summed E-state index contributed by atoms with van der Waals surface area (Å²) in [6.45, 7) is 13.4. The lowest BCUT2D eigenvalue weighted by molar-refractivity contribution is 0.283. The number of hydrogen-bond donors (Lipinski definition) is 1. The third kappa shape index (κ3) is 5.17. The monoisotopic (exact) mass is 254 g/mol. The zero-order valence-corrected chi connectivity index (χ0v) is 12.7. The molecule has 1 heterocycles. The normalized spacial score (nSPS) is 15.2. The van der Waals surface area contributed by atoms with Crippen LogP contribution in [0.3, 0.4) is 0 Å². The molecule has 0 aromatic carbocycles. The summed E-state index contributed by atoms with van der Waals surface area (Å²) in [4.78, 5) is 4.58. The molecule has 1 rings (SSSR count). The highest BCUT2D eigenvalue weighted by Crippen LogP contribution is 2.26. The molecule has 0 fully saturated rings. The molecule has 1 aromatic rings. The van der Waals surface area contributed by atoms with Crippen molar-refractivity contribution in [3.05, 3.63) is 16.1 Å². The van der Waals surface area contributed by atoms with Gasteiger partial charge in [0.15, 0.2) is 0 Å². The molecule has 0 saturated heterocycles. The minimum Gasteiger partial charge on any atom is -0.316 e. The molecular weight excluding hydrogens is 228 g/mol. The fourth-order valence-electron chi connectivity index (χ4n) is 1.90. The van der Waals surface area contributed by atoms with Gasteiger partial charge >= 0.3 is 0 Å². The first-order valence-corrected chi connectivity index (χ1v) is 7.45. The predicted octanol–water partition coefficient (Wildman–Crippen LogP) is 3.66. The molecule has 0 aliphatic carbocycles. The van der Waals surface area contributed by atoms with Crippen molar-refractivity contribution >= 4 is 11.3 Å². The van der Waals surface area contributed by atoms with Gasteiger partial charge in [0, 0.05) is 11.9 Å². The van der Waals surface area contributed by atoms with Crippen LogP contribution < -0.4 is 5.32 Å². The van der Waals surface area contributed by atoms with Gasteiger partial charge in [-0.25, -0.2) is 4.98 Å². The second-order valence-electron chi connectivity index (χ2n) is 5.72. The minimum atomic E-state index is 0.329. The van der Waals surface area contributed by atoms with Crippen LogP contribution in [-0.4, -0.2) is 18.1 Å². The van der Waals surface area contributed by atoms with Crippen molar-refractivity contribution in [3.63, 3.8) is 0 Å². The first-order valence-electron chi connectivity index (χ1n) is 6.57. The van der Waals surface area contributed by atoms with E-state index in [2.05, 4.69) is 50.3 Å². The van der Waals surface area contributed by atoms with Crippen molar-refractivity contribution in [3.8, 4) is 0 Å². The van der Waals surface area contributed by atoms with E-state index in [1.807, 2.05) is 0 Å². The van der Waals surface area contributed by atoms with Gasteiger partial charge in [-0.3, -0.25) is 0 Å². The molecule has 3 heteroatoms. The lowest BCUT2D eigenvalue weighted by atomic mass is 9.83. The Kier molecular flexibility index (Phi) is 5.60. The molecule has 17 heavy (non-hydrogen) atoms. The largest absolute Gasteiger partial charge is 0.316 e. The molecule has 0 amide bonds. The Balaban J connectivity index is 2.50. The second-order valence-corrected chi connectivity index (χ2v) is 6.79. The highest BCUT2D eigenvalue weighted by Gasteiger charge is 2.23. The number of nitrogens with one attached hydrogen (secondary N) is 1. The Morgan fingerprint density at radius 2 is 2.18 bits per heavy atom. The van der Waals surface area contributed by atoms with Crippen LogP contribution in [0.2, 0.25) is 0 Å². The Bertz CT molecular complexity index is 333. The van der Waals surface area contributed by atoms with Gasteiger partial charge in [0.2, 0.25) is 0 Å². The van der Waals surface area contributed by atoms with Crippen LogP contribution in [0, 0.1) is 18.3 Å². The summed E-state index contributed by atoms with van der Waals surface area (Å²) in [7, 11) is 0. The van der Waals surface area contributed by atoms with Gasteiger partial charge in [-0.05, 0) is 37.6 Å². The Hall–Kier alpha value is -0.410. The molecule has 2 nitrogen and oxygen atoms in total. The van der Waals surface area contributed by atoms with Crippen LogP contribution in [0.25, 0.3) is 0 Å². The van der Waals surface area contributed by atoms with Gasteiger partial charge in [0.1, 0.15) is 0 Å². The Labute approximate surface area is 110 Å². The molecular formula is C14H26N2S. The molecule has 1 N–H and O–H groups in total. The lowest BCUT2D eigenvalue weighted by Crippen LogP contribution is -2.35. The summed E-state index contributed by atoms with van der Waals surface area (Å²) in [6.07, 6.45) is 2.27. The highest BCUT2D eigenvalue weighted by molar-refractivity contribution is 7.09. The summed E-state index contributed by atoms with van der Waals surface area (Å²) >= 11 is 1.75. The van der Waals surface area contributed by atoms with Crippen LogP contribution in [0.15, 0.2) is 5.38 Å². The van der Waals surface area contributed by atoms with Crippen molar-refractivity contribution in [2.75, 3.05) is 13.1 Å². The zero-order chi connectivity index (χ0) is 12.9. The quantitative estimate of drug-likeness (QED) is 0.803. The lowest BCUT2D eigenvalue weighted by Gasteiger charge is -2.28. The maximum Gasteiger partial charge on any atom is 0.0897 e. The van der Waals surface area contributed by atoms with Crippen molar-refractivity contribution < 1.29 is 0 Å². The Morgan fingerprint density at radius 1 is 1.47 bits per heavy atom. The molecule has 0 saturated carbocycles. The van der Waals surface area contributed by atoms with E-state index < -0.39 is 0 Å². The summed E-state index contributed by atoms with van der Waals surface area (Å²) in [5.74, 6) is 0.720. The summed E-state index contributed by atoms with van der Waals surface area (Å²) < 4.78 is 0. The van der Waals surface area contributed by atoms with E-state index in [-0.39, 0.29) is 0 Å². The highest BCUT2D eigenvalue weighted by atomic mass is 32.1. The maximum atomic E-state index is 4.58. The van der Waals surface area contributed by atoms with E-state index >= 15 is 0 Å². The molecule has 1 atom stereocenters. The third-order valence-corrected chi connectivity index (χ3v) is 4.05. The molecule has 0 aliphatic heterocycles. The molecule has 0 spiro atoms. The molecule has 0 bridgehead atoms. The first-order chi connectivity index (χ1) is 7.95. The number of hydrogen-bond acceptors (Lipinski definition) is 3. The van der Waals surface area contributed by atoms with Crippen molar-refractivity contribution in [2.45, 2.75) is 47.5 Å². The molecule has 0 radical (unpaired) electrons. The van der Waals surface area contributed by atoms with E-state index in [1.54, 1.807) is 11.3 Å². The fourth-order valence-corrected chi connectivity index (χ4v) is 2.51. The number of thiazole rings is 1.